The van der Waals surface area contributed by atoms with Crippen molar-refractivity contribution in [2.45, 2.75) is 6.54 Å². The van der Waals surface area contributed by atoms with E-state index < -0.39 is 0 Å². The molecule has 2 rings (SSSR count). The smallest absolute Gasteiger partial charge is 0.138 e. The highest BCUT2D eigenvalue weighted by atomic mass is 79.9. The molecule has 0 spiro atoms. The van der Waals surface area contributed by atoms with Crippen LogP contribution < -0.4 is 10.6 Å². The maximum atomic E-state index is 5.71. The van der Waals surface area contributed by atoms with Gasteiger partial charge in [-0.3, -0.25) is 0 Å². The molecule has 2 aromatic rings. The molecule has 0 aliphatic rings. The van der Waals surface area contributed by atoms with E-state index in [9.17, 15) is 0 Å². The highest BCUT2D eigenvalue weighted by Crippen LogP contribution is 2.23. The first kappa shape index (κ1) is 13.5. The lowest BCUT2D eigenvalue weighted by Crippen LogP contribution is -2.22. The van der Waals surface area contributed by atoms with Gasteiger partial charge in [0.2, 0.25) is 0 Å². The molecule has 94 valence electrons. The summed E-state index contributed by atoms with van der Waals surface area (Å²) in [6.45, 7) is 0.781. The first-order valence-electron chi connectivity index (χ1n) is 5.27. The molecule has 0 saturated heterocycles. The van der Waals surface area contributed by atoms with E-state index in [1.165, 1.54) is 4.88 Å². The number of aromatic nitrogens is 1. The first-order chi connectivity index (χ1) is 8.58. The standard InChI is InChI=1S/C12H12BrN3S2/c1-16(6-9-5-8(13)7-18-9)12-10(11(14)17)3-2-4-15-12/h2-5,7H,6H2,1H3,(H2,14,17). The fraction of sp³-hybridized carbons (Fsp3) is 0.167. The Morgan fingerprint density at radius 2 is 2.39 bits per heavy atom. The molecule has 0 radical (unpaired) electrons. The number of hydrogen-bond acceptors (Lipinski definition) is 4. The van der Waals surface area contributed by atoms with Gasteiger partial charge in [0.05, 0.1) is 12.1 Å². The van der Waals surface area contributed by atoms with Gasteiger partial charge in [0, 0.05) is 28.0 Å². The predicted octanol–water partition coefficient (Wildman–Crippen LogP) is 3.18. The monoisotopic (exact) mass is 341 g/mol. The van der Waals surface area contributed by atoms with Crippen LogP contribution in [0.5, 0.6) is 0 Å². The van der Waals surface area contributed by atoms with Gasteiger partial charge in [0.1, 0.15) is 10.8 Å². The van der Waals surface area contributed by atoms with E-state index in [-0.39, 0.29) is 0 Å². The summed E-state index contributed by atoms with van der Waals surface area (Å²) in [5.41, 5.74) is 6.52. The maximum absolute atomic E-state index is 5.71. The molecule has 18 heavy (non-hydrogen) atoms. The topological polar surface area (TPSA) is 42.2 Å². The lowest BCUT2D eigenvalue weighted by molar-refractivity contribution is 0.910. The van der Waals surface area contributed by atoms with Crippen molar-refractivity contribution in [3.05, 3.63) is 44.7 Å². The molecule has 0 atom stereocenters. The molecule has 0 amide bonds. The van der Waals surface area contributed by atoms with E-state index in [1.807, 2.05) is 24.1 Å². The number of thiocarbonyl (C=S) groups is 1. The third-order valence-corrected chi connectivity index (χ3v) is 4.33. The van der Waals surface area contributed by atoms with Crippen molar-refractivity contribution in [1.82, 2.24) is 4.98 Å². The van der Waals surface area contributed by atoms with Crippen molar-refractivity contribution in [1.29, 1.82) is 0 Å². The van der Waals surface area contributed by atoms with E-state index in [2.05, 4.69) is 32.4 Å². The molecule has 2 heterocycles. The summed E-state index contributed by atoms with van der Waals surface area (Å²) >= 11 is 10.2. The van der Waals surface area contributed by atoms with Gasteiger partial charge >= 0.3 is 0 Å². The molecule has 0 aliphatic carbocycles. The van der Waals surface area contributed by atoms with E-state index in [4.69, 9.17) is 18.0 Å². The molecular formula is C12H12BrN3S2. The molecule has 0 aromatic carbocycles. The minimum Gasteiger partial charge on any atom is -0.389 e. The third kappa shape index (κ3) is 3.07. The largest absolute Gasteiger partial charge is 0.389 e. The number of hydrogen-bond donors (Lipinski definition) is 1. The molecule has 2 aromatic heterocycles. The van der Waals surface area contributed by atoms with Crippen molar-refractivity contribution >= 4 is 50.3 Å². The summed E-state index contributed by atoms with van der Waals surface area (Å²) in [4.78, 5) is 8.03. The molecule has 2 N–H and O–H groups in total. The summed E-state index contributed by atoms with van der Waals surface area (Å²) in [5, 5.41) is 2.07. The maximum Gasteiger partial charge on any atom is 0.138 e. The van der Waals surface area contributed by atoms with Crippen molar-refractivity contribution in [3.63, 3.8) is 0 Å². The zero-order valence-corrected chi connectivity index (χ0v) is 13.0. The summed E-state index contributed by atoms with van der Waals surface area (Å²) in [6.07, 6.45) is 1.75. The van der Waals surface area contributed by atoms with Gasteiger partial charge in [-0.15, -0.1) is 11.3 Å². The fourth-order valence-electron chi connectivity index (χ4n) is 1.64. The first-order valence-corrected chi connectivity index (χ1v) is 7.35. The third-order valence-electron chi connectivity index (χ3n) is 2.43. The normalized spacial score (nSPS) is 10.3. The predicted molar refractivity (Wildman–Crippen MR) is 84.3 cm³/mol. The van der Waals surface area contributed by atoms with Gasteiger partial charge < -0.3 is 10.6 Å². The van der Waals surface area contributed by atoms with Crippen LogP contribution in [0.2, 0.25) is 0 Å². The highest BCUT2D eigenvalue weighted by Gasteiger charge is 2.11. The quantitative estimate of drug-likeness (QED) is 0.867. The van der Waals surface area contributed by atoms with Gasteiger partial charge in [-0.1, -0.05) is 12.2 Å². The molecule has 6 heteroatoms. The minimum absolute atomic E-state index is 0.373. The van der Waals surface area contributed by atoms with Crippen LogP contribution in [0, 0.1) is 0 Å². The van der Waals surface area contributed by atoms with Crippen LogP contribution in [-0.4, -0.2) is 17.0 Å². The Morgan fingerprint density at radius 1 is 1.61 bits per heavy atom. The molecule has 3 nitrogen and oxygen atoms in total. The molecule has 0 aliphatic heterocycles. The Kier molecular flexibility index (Phi) is 4.31. The fourth-order valence-corrected chi connectivity index (χ4v) is 3.30. The highest BCUT2D eigenvalue weighted by molar-refractivity contribution is 9.10. The molecule has 0 saturated carbocycles. The Labute approximate surface area is 124 Å². The van der Waals surface area contributed by atoms with Gasteiger partial charge in [0.25, 0.3) is 0 Å². The number of thiophene rings is 1. The van der Waals surface area contributed by atoms with Gasteiger partial charge in [0.15, 0.2) is 0 Å². The van der Waals surface area contributed by atoms with Crippen LogP contribution in [0.3, 0.4) is 0 Å². The minimum atomic E-state index is 0.373. The van der Waals surface area contributed by atoms with Crippen LogP contribution in [0.25, 0.3) is 0 Å². The number of nitrogens with two attached hydrogens (primary N) is 1. The lowest BCUT2D eigenvalue weighted by atomic mass is 10.2. The molecule has 0 unspecified atom stereocenters. The average Bonchev–Trinajstić information content (AvgIpc) is 2.74. The van der Waals surface area contributed by atoms with E-state index in [1.54, 1.807) is 17.5 Å². The number of rotatable bonds is 4. The average molecular weight is 342 g/mol. The summed E-state index contributed by atoms with van der Waals surface area (Å²) in [6, 6.07) is 5.84. The zero-order chi connectivity index (χ0) is 13.1. The molecule has 0 bridgehead atoms. The van der Waals surface area contributed by atoms with E-state index >= 15 is 0 Å². The van der Waals surface area contributed by atoms with Crippen LogP contribution in [0.15, 0.2) is 34.2 Å². The second-order valence-corrected chi connectivity index (χ2v) is 6.18. The van der Waals surface area contributed by atoms with Gasteiger partial charge in [-0.05, 0) is 34.1 Å². The van der Waals surface area contributed by atoms with Crippen molar-refractivity contribution < 1.29 is 0 Å². The van der Waals surface area contributed by atoms with Gasteiger partial charge in [-0.2, -0.15) is 0 Å². The van der Waals surface area contributed by atoms with E-state index in [0.29, 0.717) is 4.99 Å². The lowest BCUT2D eigenvalue weighted by Gasteiger charge is -2.19. The van der Waals surface area contributed by atoms with Crippen LogP contribution in [0.1, 0.15) is 10.4 Å². The number of pyridine rings is 1. The summed E-state index contributed by atoms with van der Waals surface area (Å²) in [5.74, 6) is 0.814. The molecule has 0 fully saturated rings. The Bertz CT molecular complexity index is 568. The SMILES string of the molecule is CN(Cc1cc(Br)cs1)c1ncccc1C(N)=S. The number of anilines is 1. The van der Waals surface area contributed by atoms with Crippen LogP contribution in [0.4, 0.5) is 5.82 Å². The Balaban J connectivity index is 2.23. The summed E-state index contributed by atoms with van der Waals surface area (Å²) < 4.78 is 1.10. The van der Waals surface area contributed by atoms with Crippen molar-refractivity contribution in [3.8, 4) is 0 Å². The second-order valence-electron chi connectivity index (χ2n) is 3.83. The van der Waals surface area contributed by atoms with Crippen LogP contribution in [-0.2, 0) is 6.54 Å². The number of nitrogens with zero attached hydrogens (tertiary/aromatic N) is 2. The summed E-state index contributed by atoms with van der Waals surface area (Å²) in [7, 11) is 1.98. The Hall–Kier alpha value is -0.980. The Morgan fingerprint density at radius 3 is 3.00 bits per heavy atom. The van der Waals surface area contributed by atoms with Gasteiger partial charge in [-0.25, -0.2) is 4.98 Å². The van der Waals surface area contributed by atoms with Crippen molar-refractivity contribution in [2.24, 2.45) is 5.73 Å². The number of halogens is 1. The van der Waals surface area contributed by atoms with Crippen LogP contribution >= 0.6 is 39.5 Å². The van der Waals surface area contributed by atoms with E-state index in [0.717, 1.165) is 22.4 Å². The molecular weight excluding hydrogens is 330 g/mol. The zero-order valence-electron chi connectivity index (χ0n) is 9.76. The van der Waals surface area contributed by atoms with Crippen molar-refractivity contribution in [2.75, 3.05) is 11.9 Å². The second kappa shape index (κ2) is 5.77.